The van der Waals surface area contributed by atoms with Crippen LogP contribution in [0.2, 0.25) is 0 Å². The number of carbonyl (C=O) groups is 1. The number of rotatable bonds is 19. The molecule has 12 heteroatoms. The Morgan fingerprint density at radius 3 is 2.32 bits per heavy atom. The van der Waals surface area contributed by atoms with Gasteiger partial charge in [-0.15, -0.1) is 0 Å². The minimum absolute atomic E-state index is 0.0199. The van der Waals surface area contributed by atoms with Gasteiger partial charge in [-0.3, -0.25) is 0 Å². The molecule has 0 radical (unpaired) electrons. The van der Waals surface area contributed by atoms with Crippen LogP contribution in [0.15, 0.2) is 53.8 Å². The van der Waals surface area contributed by atoms with E-state index in [0.29, 0.717) is 42.8 Å². The molecule has 1 aliphatic carbocycles. The van der Waals surface area contributed by atoms with E-state index in [1.807, 2.05) is 61.7 Å². The van der Waals surface area contributed by atoms with Gasteiger partial charge in [0.2, 0.25) is 0 Å². The van der Waals surface area contributed by atoms with Crippen LogP contribution in [0, 0.1) is 12.7 Å². The molecule has 3 aromatic carbocycles. The number of nitrogens with zero attached hydrogens (tertiary/aromatic N) is 6. The first-order chi connectivity index (χ1) is 31.6. The number of carbonyl (C=O) groups excluding carboxylic acids is 1. The number of fused-ring (bicyclic) bond motifs is 4. The number of hydrogen-bond acceptors (Lipinski definition) is 9. The minimum Gasteiger partial charge on any atom is -0.486 e. The van der Waals surface area contributed by atoms with Crippen molar-refractivity contribution < 1.29 is 23.4 Å². The average molecular weight is 905 g/mol. The van der Waals surface area contributed by atoms with Crippen LogP contribution < -0.4 is 9.64 Å². The first-order valence-corrected chi connectivity index (χ1v) is 25.8. The topological polar surface area (TPSA) is 94.8 Å². The number of anilines is 1. The Morgan fingerprint density at radius 1 is 0.892 bits per heavy atom. The van der Waals surface area contributed by atoms with Crippen molar-refractivity contribution >= 4 is 45.5 Å². The Labute approximate surface area is 389 Å². The smallest absolute Gasteiger partial charge is 0.410 e. The van der Waals surface area contributed by atoms with Gasteiger partial charge in [-0.1, -0.05) is 107 Å². The molecular formula is C53H69FN6O4S. The number of piperazine rings is 1. The predicted octanol–water partition coefficient (Wildman–Crippen LogP) is 13.5. The molecule has 4 aliphatic rings. The quantitative estimate of drug-likeness (QED) is 0.0456. The molecule has 1 saturated carbocycles. The zero-order chi connectivity index (χ0) is 45.1. The van der Waals surface area contributed by atoms with Crippen LogP contribution in [0.1, 0.15) is 159 Å². The lowest BCUT2D eigenvalue weighted by molar-refractivity contribution is -0.0366. The highest BCUT2D eigenvalue weighted by atomic mass is 32.2. The molecule has 4 fully saturated rings. The fourth-order valence-electron chi connectivity index (χ4n) is 10.3. The molecule has 3 saturated heterocycles. The highest BCUT2D eigenvalue weighted by Gasteiger charge is 2.48. The van der Waals surface area contributed by atoms with E-state index in [-0.39, 0.29) is 36.1 Å². The Kier molecular flexibility index (Phi) is 14.2. The van der Waals surface area contributed by atoms with E-state index in [4.69, 9.17) is 29.3 Å². The largest absolute Gasteiger partial charge is 0.486 e. The van der Waals surface area contributed by atoms with E-state index in [2.05, 4.69) is 30.0 Å². The average Bonchev–Trinajstić information content (AvgIpc) is 3.74. The maximum absolute atomic E-state index is 16.6. The highest BCUT2D eigenvalue weighted by Crippen LogP contribution is 2.54. The van der Waals surface area contributed by atoms with Crippen LogP contribution in [-0.4, -0.2) is 73.9 Å². The van der Waals surface area contributed by atoms with Crippen LogP contribution in [0.5, 0.6) is 5.75 Å². The Hall–Kier alpha value is -4.42. The minimum atomic E-state index is -0.567. The van der Waals surface area contributed by atoms with Crippen molar-refractivity contribution in [2.45, 2.75) is 179 Å². The van der Waals surface area contributed by atoms with Gasteiger partial charge in [0.25, 0.3) is 0 Å². The van der Waals surface area contributed by atoms with Crippen molar-refractivity contribution in [3.63, 3.8) is 0 Å². The summed E-state index contributed by atoms with van der Waals surface area (Å²) >= 11 is 1.72. The zero-order valence-corrected chi connectivity index (χ0v) is 40.2. The molecule has 65 heavy (non-hydrogen) atoms. The van der Waals surface area contributed by atoms with Crippen molar-refractivity contribution in [2.24, 2.45) is 0 Å². The Morgan fingerprint density at radius 2 is 1.65 bits per heavy atom. The maximum atomic E-state index is 16.6. The number of thioether (sulfide) groups is 1. The fourth-order valence-corrected chi connectivity index (χ4v) is 11.1. The van der Waals surface area contributed by atoms with Crippen molar-refractivity contribution in [1.29, 1.82) is 0 Å². The fraction of sp³-hybridized carbons (Fsp3) is 0.585. The summed E-state index contributed by atoms with van der Waals surface area (Å²) in [6.45, 7) is 12.1. The third-order valence-electron chi connectivity index (χ3n) is 13.8. The summed E-state index contributed by atoms with van der Waals surface area (Å²) in [5, 5.41) is 7.43. The van der Waals surface area contributed by atoms with Gasteiger partial charge in [0.15, 0.2) is 17.1 Å². The summed E-state index contributed by atoms with van der Waals surface area (Å²) in [4.78, 5) is 28.6. The number of aromatic nitrogens is 4. The molecule has 1 amide bonds. The van der Waals surface area contributed by atoms with Gasteiger partial charge >= 0.3 is 6.09 Å². The van der Waals surface area contributed by atoms with Crippen LogP contribution in [0.3, 0.4) is 0 Å². The second-order valence-electron chi connectivity index (χ2n) is 20.0. The number of ether oxygens (including phenoxy) is 3. The van der Waals surface area contributed by atoms with E-state index in [0.717, 1.165) is 101 Å². The van der Waals surface area contributed by atoms with Crippen LogP contribution in [0.4, 0.5) is 15.0 Å². The van der Waals surface area contributed by atoms with Gasteiger partial charge in [0, 0.05) is 53.4 Å². The summed E-state index contributed by atoms with van der Waals surface area (Å²) in [6, 6.07) is 14.3. The van der Waals surface area contributed by atoms with Crippen LogP contribution in [-0.2, 0) is 16.1 Å². The van der Waals surface area contributed by atoms with Crippen LogP contribution in [0.25, 0.3) is 32.9 Å². The van der Waals surface area contributed by atoms with Crippen LogP contribution >= 0.6 is 11.8 Å². The van der Waals surface area contributed by atoms with E-state index in [1.54, 1.807) is 17.8 Å². The van der Waals surface area contributed by atoms with Gasteiger partial charge in [0.1, 0.15) is 29.4 Å². The monoisotopic (exact) mass is 905 g/mol. The molecule has 2 aromatic heterocycles. The summed E-state index contributed by atoms with van der Waals surface area (Å²) in [7, 11) is 0. The van der Waals surface area contributed by atoms with Crippen molar-refractivity contribution in [3.05, 3.63) is 71.2 Å². The number of benzene rings is 3. The lowest BCUT2D eigenvalue weighted by Crippen LogP contribution is -2.50. The summed E-state index contributed by atoms with van der Waals surface area (Å²) in [5.41, 5.74) is 5.34. The molecule has 3 aliphatic heterocycles. The number of halogens is 1. The first kappa shape index (κ1) is 45.7. The molecule has 0 N–H and O–H groups in total. The third kappa shape index (κ3) is 10.3. The molecule has 5 aromatic rings. The lowest BCUT2D eigenvalue weighted by atomic mass is 9.88. The number of likely N-dealkylation sites (tertiary alicyclic amines) is 1. The third-order valence-corrected chi connectivity index (χ3v) is 14.8. The van der Waals surface area contributed by atoms with Crippen molar-refractivity contribution in [1.82, 2.24) is 24.6 Å². The van der Waals surface area contributed by atoms with Gasteiger partial charge in [-0.2, -0.15) is 5.10 Å². The molecule has 2 bridgehead atoms. The molecule has 0 spiro atoms. The summed E-state index contributed by atoms with van der Waals surface area (Å²) in [6.07, 6.45) is 20.0. The number of amides is 1. The van der Waals surface area contributed by atoms with Gasteiger partial charge in [-0.05, 0) is 101 Å². The van der Waals surface area contributed by atoms with Crippen molar-refractivity contribution in [3.8, 4) is 16.9 Å². The standard InChI is InChI=1S/C53H69FN6O4S/c1-6-7-8-9-10-11-12-13-14-20-27-65-51-56-48-41(50(57-51)58-32-39-28-38(58)33-59(39)52(61)64-53(3,4)5)29-40(37-24-25-37)47(49(48)63-34-36-21-16-15-17-22-36)46-35(2)43(54)30-44-42(46)31-55-60(44)45-23-18-19-26-62-45/h15-17,21-22,29-31,37-39,45H,6-14,18-20,23-28,32-34H2,1-5H3/t38-,39-,45?/m0/s1. The molecule has 3 atom stereocenters. The lowest BCUT2D eigenvalue weighted by Gasteiger charge is -2.36. The number of hydrogen-bond donors (Lipinski definition) is 0. The van der Waals surface area contributed by atoms with E-state index >= 15 is 4.39 Å². The molecule has 5 heterocycles. The molecule has 9 rings (SSSR count). The molecule has 1 unspecified atom stereocenters. The summed E-state index contributed by atoms with van der Waals surface area (Å²) in [5.74, 6) is 2.46. The molecular weight excluding hydrogens is 836 g/mol. The Bertz CT molecular complexity index is 2440. The van der Waals surface area contributed by atoms with Gasteiger partial charge in [-0.25, -0.2) is 23.8 Å². The summed E-state index contributed by atoms with van der Waals surface area (Å²) < 4.78 is 37.7. The maximum Gasteiger partial charge on any atom is 0.410 e. The Balaban J connectivity index is 1.13. The highest BCUT2D eigenvalue weighted by molar-refractivity contribution is 7.99. The second kappa shape index (κ2) is 20.2. The van der Waals surface area contributed by atoms with Gasteiger partial charge < -0.3 is 24.0 Å². The number of unbranched alkanes of at least 4 members (excludes halogenated alkanes) is 9. The second-order valence-corrected chi connectivity index (χ2v) is 21.1. The van der Waals surface area contributed by atoms with E-state index < -0.39 is 5.60 Å². The zero-order valence-electron chi connectivity index (χ0n) is 39.4. The SMILES string of the molecule is CCCCCCCCCCCCSc1nc(N2C[C@@H]3C[C@H]2CN3C(=O)OC(C)(C)C)c2cc(C3CC3)c(-c3c(C)c(F)cc4c3cnn4C3CCCCO3)c(OCc3ccccc3)c2n1. The first-order valence-electron chi connectivity index (χ1n) is 24.8. The molecule has 348 valence electrons. The van der Waals surface area contributed by atoms with Crippen molar-refractivity contribution in [2.75, 3.05) is 30.3 Å². The van der Waals surface area contributed by atoms with Gasteiger partial charge in [0.05, 0.1) is 23.8 Å². The van der Waals surface area contributed by atoms with E-state index in [1.165, 1.54) is 57.8 Å². The molecule has 10 nitrogen and oxygen atoms in total. The predicted molar refractivity (Wildman–Crippen MR) is 260 cm³/mol. The van der Waals surface area contributed by atoms with E-state index in [9.17, 15) is 4.79 Å². The normalized spacial score (nSPS) is 19.8.